The second-order valence-electron chi connectivity index (χ2n) is 9.72. The standard InChI is InChI=1S/C28H31N3O6S/c1-20-11-12-23(36-19-22-7-4-3-5-8-22)24(17-20)37-28(13-14-28)27(32)30-38(33,34)26-10-6-9-25(29-26)31-15-16-35-21(2)18-31/h3-12,17,21H,13-16,18-19H2,1-2H3,(H,30,32)/t21-/m0/s1. The van der Waals surface area contributed by atoms with Crippen LogP contribution in [0.2, 0.25) is 0 Å². The monoisotopic (exact) mass is 537 g/mol. The van der Waals surface area contributed by atoms with Crippen molar-refractivity contribution in [2.24, 2.45) is 0 Å². The number of benzene rings is 2. The van der Waals surface area contributed by atoms with Gasteiger partial charge < -0.3 is 19.1 Å². The van der Waals surface area contributed by atoms with E-state index in [-0.39, 0.29) is 11.1 Å². The van der Waals surface area contributed by atoms with Crippen LogP contribution in [-0.4, -0.2) is 50.7 Å². The fourth-order valence-corrected chi connectivity index (χ4v) is 5.28. The van der Waals surface area contributed by atoms with Gasteiger partial charge in [0, 0.05) is 25.9 Å². The first kappa shape index (κ1) is 26.0. The Hall–Kier alpha value is -3.63. The first-order valence-electron chi connectivity index (χ1n) is 12.6. The van der Waals surface area contributed by atoms with Gasteiger partial charge in [-0.25, -0.2) is 9.71 Å². The van der Waals surface area contributed by atoms with Gasteiger partial charge in [0.2, 0.25) is 0 Å². The van der Waals surface area contributed by atoms with Crippen molar-refractivity contribution in [2.75, 3.05) is 24.6 Å². The Morgan fingerprint density at radius 3 is 2.63 bits per heavy atom. The number of amides is 1. The quantitative estimate of drug-likeness (QED) is 0.441. The largest absolute Gasteiger partial charge is 0.485 e. The highest BCUT2D eigenvalue weighted by molar-refractivity contribution is 7.90. The Bertz CT molecular complexity index is 1410. The SMILES string of the molecule is Cc1ccc(OCc2ccccc2)c(OC2(C(=O)NS(=O)(=O)c3cccc(N4CCO[C@@H](C)C4)n3)CC2)c1. The maximum atomic E-state index is 13.2. The summed E-state index contributed by atoms with van der Waals surface area (Å²) in [6.45, 7) is 5.94. The summed E-state index contributed by atoms with van der Waals surface area (Å²) in [5.41, 5.74) is 0.628. The van der Waals surface area contributed by atoms with E-state index in [1.807, 2.05) is 55.1 Å². The number of nitrogens with zero attached hydrogens (tertiary/aromatic N) is 2. The summed E-state index contributed by atoms with van der Waals surface area (Å²) in [6.07, 6.45) is 0.791. The normalized spacial score (nSPS) is 18.5. The summed E-state index contributed by atoms with van der Waals surface area (Å²) < 4.78 is 46.1. The molecular formula is C28H31N3O6S. The molecule has 1 saturated heterocycles. The summed E-state index contributed by atoms with van der Waals surface area (Å²) in [6, 6.07) is 19.9. The Kier molecular flexibility index (Phi) is 7.27. The van der Waals surface area contributed by atoms with Crippen LogP contribution in [0.5, 0.6) is 11.5 Å². The van der Waals surface area contributed by atoms with Crippen LogP contribution in [0.25, 0.3) is 0 Å². The molecule has 1 aliphatic carbocycles. The average Bonchev–Trinajstić information content (AvgIpc) is 3.69. The van der Waals surface area contributed by atoms with Crippen LogP contribution in [0.1, 0.15) is 30.9 Å². The lowest BCUT2D eigenvalue weighted by Gasteiger charge is -2.32. The summed E-state index contributed by atoms with van der Waals surface area (Å²) in [7, 11) is -4.21. The number of anilines is 1. The lowest BCUT2D eigenvalue weighted by atomic mass is 10.2. The van der Waals surface area contributed by atoms with Gasteiger partial charge in [0.25, 0.3) is 15.9 Å². The molecule has 0 unspecified atom stereocenters. The Balaban J connectivity index is 1.30. The van der Waals surface area contributed by atoms with E-state index in [2.05, 4.69) is 9.71 Å². The first-order valence-corrected chi connectivity index (χ1v) is 14.1. The highest BCUT2D eigenvalue weighted by Crippen LogP contribution is 2.44. The predicted molar refractivity (Wildman–Crippen MR) is 142 cm³/mol. The third-order valence-corrected chi connectivity index (χ3v) is 7.77. The predicted octanol–water partition coefficient (Wildman–Crippen LogP) is 3.61. The van der Waals surface area contributed by atoms with Crippen molar-refractivity contribution in [1.82, 2.24) is 9.71 Å². The number of morpholine rings is 1. The summed E-state index contributed by atoms with van der Waals surface area (Å²) in [5, 5.41) is -0.222. The van der Waals surface area contributed by atoms with Crippen LogP contribution in [0, 0.1) is 6.92 Å². The molecule has 200 valence electrons. The number of ether oxygens (including phenoxy) is 3. The number of nitrogens with one attached hydrogen (secondary N) is 1. The van der Waals surface area contributed by atoms with Gasteiger partial charge in [-0.1, -0.05) is 42.5 Å². The molecule has 0 spiro atoms. The highest BCUT2D eigenvalue weighted by Gasteiger charge is 2.54. The summed E-state index contributed by atoms with van der Waals surface area (Å²) in [5.74, 6) is 0.677. The number of carbonyl (C=O) groups excluding carboxylic acids is 1. The molecule has 5 rings (SSSR count). The fraction of sp³-hybridized carbons (Fsp3) is 0.357. The zero-order valence-electron chi connectivity index (χ0n) is 21.4. The molecule has 2 aliphatic rings. The minimum absolute atomic E-state index is 0.0144. The smallest absolute Gasteiger partial charge is 0.281 e. The number of pyridine rings is 1. The molecule has 2 heterocycles. The minimum Gasteiger partial charge on any atom is -0.485 e. The number of carbonyl (C=O) groups is 1. The molecule has 9 nitrogen and oxygen atoms in total. The van der Waals surface area contributed by atoms with Crippen molar-refractivity contribution >= 4 is 21.7 Å². The minimum atomic E-state index is -4.21. The Morgan fingerprint density at radius 1 is 1.11 bits per heavy atom. The molecule has 1 amide bonds. The molecule has 1 aliphatic heterocycles. The Labute approximate surface area is 222 Å². The van der Waals surface area contributed by atoms with Gasteiger partial charge >= 0.3 is 0 Å². The molecule has 0 radical (unpaired) electrons. The number of hydrogen-bond donors (Lipinski definition) is 1. The van der Waals surface area contributed by atoms with Gasteiger partial charge in [-0.2, -0.15) is 8.42 Å². The molecule has 10 heteroatoms. The molecule has 2 fully saturated rings. The van der Waals surface area contributed by atoms with Crippen molar-refractivity contribution in [3.8, 4) is 11.5 Å². The van der Waals surface area contributed by atoms with E-state index in [0.717, 1.165) is 11.1 Å². The van der Waals surface area contributed by atoms with E-state index in [1.165, 1.54) is 6.07 Å². The van der Waals surface area contributed by atoms with E-state index in [1.54, 1.807) is 24.3 Å². The number of rotatable bonds is 9. The number of sulfonamides is 1. The molecule has 38 heavy (non-hydrogen) atoms. The van der Waals surface area contributed by atoms with Crippen LogP contribution in [0.4, 0.5) is 5.82 Å². The average molecular weight is 538 g/mol. The summed E-state index contributed by atoms with van der Waals surface area (Å²) >= 11 is 0. The molecule has 1 saturated carbocycles. The van der Waals surface area contributed by atoms with E-state index < -0.39 is 21.5 Å². The third-order valence-electron chi connectivity index (χ3n) is 6.54. The molecule has 1 aromatic heterocycles. The lowest BCUT2D eigenvalue weighted by molar-refractivity contribution is -0.128. The van der Waals surface area contributed by atoms with Crippen LogP contribution in [0.3, 0.4) is 0 Å². The molecule has 2 aromatic carbocycles. The maximum Gasteiger partial charge on any atom is 0.281 e. The van der Waals surface area contributed by atoms with Gasteiger partial charge in [0.1, 0.15) is 12.4 Å². The first-order chi connectivity index (χ1) is 18.2. The van der Waals surface area contributed by atoms with Gasteiger partial charge in [-0.05, 0) is 49.2 Å². The third kappa shape index (κ3) is 5.92. The van der Waals surface area contributed by atoms with E-state index >= 15 is 0 Å². The molecule has 1 N–H and O–H groups in total. The fourth-order valence-electron chi connectivity index (χ4n) is 4.27. The van der Waals surface area contributed by atoms with E-state index in [9.17, 15) is 13.2 Å². The van der Waals surface area contributed by atoms with Crippen molar-refractivity contribution in [3.05, 3.63) is 77.9 Å². The number of hydrogen-bond acceptors (Lipinski definition) is 8. The van der Waals surface area contributed by atoms with E-state index in [4.69, 9.17) is 14.2 Å². The second-order valence-corrected chi connectivity index (χ2v) is 11.3. The van der Waals surface area contributed by atoms with Crippen LogP contribution >= 0.6 is 0 Å². The lowest BCUT2D eigenvalue weighted by Crippen LogP contribution is -2.44. The van der Waals surface area contributed by atoms with Gasteiger partial charge in [-0.15, -0.1) is 0 Å². The van der Waals surface area contributed by atoms with Gasteiger partial charge in [-0.3, -0.25) is 4.79 Å². The van der Waals surface area contributed by atoms with Crippen molar-refractivity contribution < 1.29 is 27.4 Å². The summed E-state index contributed by atoms with van der Waals surface area (Å²) in [4.78, 5) is 19.5. The van der Waals surface area contributed by atoms with Gasteiger partial charge in [0.05, 0.1) is 12.7 Å². The second kappa shape index (κ2) is 10.6. The zero-order valence-corrected chi connectivity index (χ0v) is 22.2. The molecule has 1 atom stereocenters. The number of aryl methyl sites for hydroxylation is 1. The molecule has 3 aromatic rings. The van der Waals surface area contributed by atoms with Crippen molar-refractivity contribution in [1.29, 1.82) is 0 Å². The van der Waals surface area contributed by atoms with Crippen LogP contribution in [0.15, 0.2) is 71.8 Å². The van der Waals surface area contributed by atoms with Crippen LogP contribution in [-0.2, 0) is 26.2 Å². The highest BCUT2D eigenvalue weighted by atomic mass is 32.2. The van der Waals surface area contributed by atoms with Crippen molar-refractivity contribution in [2.45, 2.75) is 50.0 Å². The number of aromatic nitrogens is 1. The molecule has 0 bridgehead atoms. The maximum absolute atomic E-state index is 13.2. The Morgan fingerprint density at radius 2 is 1.89 bits per heavy atom. The van der Waals surface area contributed by atoms with Gasteiger partial charge in [0.15, 0.2) is 22.1 Å². The topological polar surface area (TPSA) is 107 Å². The molecular weight excluding hydrogens is 506 g/mol. The van der Waals surface area contributed by atoms with Crippen molar-refractivity contribution in [3.63, 3.8) is 0 Å². The van der Waals surface area contributed by atoms with E-state index in [0.29, 0.717) is 56.5 Å². The van der Waals surface area contributed by atoms with Crippen LogP contribution < -0.4 is 19.1 Å². The zero-order chi connectivity index (χ0) is 26.8.